The first-order valence-corrected chi connectivity index (χ1v) is 6.04. The van der Waals surface area contributed by atoms with Crippen LogP contribution in [0.2, 0.25) is 0 Å². The molecule has 2 unspecified atom stereocenters. The first-order valence-electron chi connectivity index (χ1n) is 6.04. The third kappa shape index (κ3) is 19.8. The summed E-state index contributed by atoms with van der Waals surface area (Å²) in [5.74, 6) is -1.11. The summed E-state index contributed by atoms with van der Waals surface area (Å²) >= 11 is 0. The van der Waals surface area contributed by atoms with Crippen LogP contribution in [0.3, 0.4) is 0 Å². The van der Waals surface area contributed by atoms with Crippen LogP contribution in [0.4, 0.5) is 0 Å². The van der Waals surface area contributed by atoms with Crippen molar-refractivity contribution in [2.24, 2.45) is 23.3 Å². The molecule has 0 aromatic rings. The van der Waals surface area contributed by atoms with E-state index in [1.807, 2.05) is 27.7 Å². The number of halogens is 2. The highest BCUT2D eigenvalue weighted by Crippen LogP contribution is 2.02. The van der Waals surface area contributed by atoms with Crippen LogP contribution in [0.1, 0.15) is 40.5 Å². The summed E-state index contributed by atoms with van der Waals surface area (Å²) in [4.78, 5) is 20.2. The molecule has 0 aromatic heterocycles. The van der Waals surface area contributed by atoms with Gasteiger partial charge >= 0.3 is 11.9 Å². The zero-order valence-corrected chi connectivity index (χ0v) is 14.0. The molecule has 0 rings (SSSR count). The Labute approximate surface area is 133 Å². The van der Waals surface area contributed by atoms with E-state index in [1.54, 1.807) is 0 Å². The molecular weight excluding hydrogens is 307 g/mol. The lowest BCUT2D eigenvalue weighted by atomic mass is 10.1. The second-order valence-electron chi connectivity index (χ2n) is 5.15. The van der Waals surface area contributed by atoms with Gasteiger partial charge in [0.25, 0.3) is 0 Å². The molecule has 8 heteroatoms. The van der Waals surface area contributed by atoms with Crippen LogP contribution in [-0.2, 0) is 9.59 Å². The molecule has 6 N–H and O–H groups in total. The van der Waals surface area contributed by atoms with Gasteiger partial charge < -0.3 is 21.7 Å². The van der Waals surface area contributed by atoms with Crippen molar-refractivity contribution in [1.29, 1.82) is 0 Å². The molecule has 124 valence electrons. The summed E-state index contributed by atoms with van der Waals surface area (Å²) in [6, 6.07) is -1.38. The molecule has 0 aliphatic carbocycles. The van der Waals surface area contributed by atoms with Crippen molar-refractivity contribution >= 4 is 36.8 Å². The fourth-order valence-electron chi connectivity index (χ4n) is 1.22. The molecule has 0 aromatic carbocycles. The fourth-order valence-corrected chi connectivity index (χ4v) is 1.22. The Morgan fingerprint density at radius 2 is 1.00 bits per heavy atom. The summed E-state index contributed by atoms with van der Waals surface area (Å²) in [5.41, 5.74) is 10.4. The number of nitrogens with two attached hydrogens (primary N) is 2. The van der Waals surface area contributed by atoms with Crippen LogP contribution in [0.25, 0.3) is 0 Å². The zero-order chi connectivity index (χ0) is 14.9. The molecule has 0 spiro atoms. The van der Waals surface area contributed by atoms with E-state index in [4.69, 9.17) is 21.7 Å². The normalized spacial score (nSPS) is 12.4. The van der Waals surface area contributed by atoms with Gasteiger partial charge in [-0.2, -0.15) is 0 Å². The van der Waals surface area contributed by atoms with Gasteiger partial charge in [0.15, 0.2) is 0 Å². The molecule has 0 saturated carbocycles. The van der Waals surface area contributed by atoms with Gasteiger partial charge in [0.05, 0.1) is 0 Å². The molecule has 0 heterocycles. The van der Waals surface area contributed by atoms with Gasteiger partial charge in [-0.05, 0) is 24.7 Å². The van der Waals surface area contributed by atoms with E-state index in [0.29, 0.717) is 24.7 Å². The lowest BCUT2D eigenvalue weighted by molar-refractivity contribution is -0.139. The van der Waals surface area contributed by atoms with Gasteiger partial charge in [0.1, 0.15) is 12.1 Å². The lowest BCUT2D eigenvalue weighted by Crippen LogP contribution is -2.31. The lowest BCUT2D eigenvalue weighted by Gasteiger charge is -2.07. The number of rotatable bonds is 6. The Morgan fingerprint density at radius 3 is 1.05 bits per heavy atom. The van der Waals surface area contributed by atoms with Gasteiger partial charge in [-0.25, -0.2) is 0 Å². The van der Waals surface area contributed by atoms with Gasteiger partial charge in [-0.3, -0.25) is 9.59 Å². The molecule has 6 nitrogen and oxygen atoms in total. The van der Waals surface area contributed by atoms with Crippen molar-refractivity contribution in [1.82, 2.24) is 0 Å². The largest absolute Gasteiger partial charge is 0.480 e. The molecule has 0 amide bonds. The predicted octanol–water partition coefficient (Wildman–Crippen LogP) is 1.73. The van der Waals surface area contributed by atoms with E-state index in [9.17, 15) is 9.59 Å². The van der Waals surface area contributed by atoms with Crippen LogP contribution >= 0.6 is 24.8 Å². The second kappa shape index (κ2) is 14.8. The highest BCUT2D eigenvalue weighted by Gasteiger charge is 2.12. The first kappa shape index (κ1) is 27.7. The number of hydrogen-bond donors (Lipinski definition) is 4. The summed E-state index contributed by atoms with van der Waals surface area (Å²) in [5, 5.41) is 16.6. The Bertz CT molecular complexity index is 238. The van der Waals surface area contributed by atoms with Crippen molar-refractivity contribution in [3.63, 3.8) is 0 Å². The maximum Gasteiger partial charge on any atom is 0.320 e. The van der Waals surface area contributed by atoms with E-state index in [0.717, 1.165) is 0 Å². The fraction of sp³-hybridized carbons (Fsp3) is 0.833. The minimum Gasteiger partial charge on any atom is -0.480 e. The average molecular weight is 335 g/mol. The Morgan fingerprint density at radius 1 is 0.800 bits per heavy atom. The molecule has 0 saturated heterocycles. The van der Waals surface area contributed by atoms with Crippen molar-refractivity contribution in [2.75, 3.05) is 0 Å². The van der Waals surface area contributed by atoms with Gasteiger partial charge in [0.2, 0.25) is 0 Å². The minimum atomic E-state index is -0.913. The molecule has 0 bridgehead atoms. The van der Waals surface area contributed by atoms with Crippen molar-refractivity contribution in [3.05, 3.63) is 0 Å². The van der Waals surface area contributed by atoms with E-state index < -0.39 is 24.0 Å². The summed E-state index contributed by atoms with van der Waals surface area (Å²) in [6.07, 6.45) is 1.10. The third-order valence-corrected chi connectivity index (χ3v) is 2.09. The van der Waals surface area contributed by atoms with Crippen LogP contribution < -0.4 is 11.5 Å². The Kier molecular flexibility index (Phi) is 20.6. The third-order valence-electron chi connectivity index (χ3n) is 2.09. The zero-order valence-electron chi connectivity index (χ0n) is 12.4. The molecule has 0 fully saturated rings. The van der Waals surface area contributed by atoms with Crippen LogP contribution in [-0.4, -0.2) is 34.2 Å². The monoisotopic (exact) mass is 334 g/mol. The maximum atomic E-state index is 10.1. The van der Waals surface area contributed by atoms with Crippen LogP contribution in [0.5, 0.6) is 0 Å². The predicted molar refractivity (Wildman–Crippen MR) is 84.6 cm³/mol. The highest BCUT2D eigenvalue weighted by atomic mass is 35.5. The average Bonchev–Trinajstić information content (AvgIpc) is 2.16. The molecule has 0 radical (unpaired) electrons. The summed E-state index contributed by atoms with van der Waals surface area (Å²) < 4.78 is 0. The summed E-state index contributed by atoms with van der Waals surface area (Å²) in [6.45, 7) is 7.79. The van der Waals surface area contributed by atoms with Crippen molar-refractivity contribution < 1.29 is 19.8 Å². The second-order valence-corrected chi connectivity index (χ2v) is 5.15. The SMILES string of the molecule is CC(C)CC(N)C(=O)O.CC(C)CC(N)C(=O)O.Cl.Cl. The number of aliphatic carboxylic acids is 2. The minimum absolute atomic E-state index is 0. The van der Waals surface area contributed by atoms with Gasteiger partial charge in [-0.15, -0.1) is 24.8 Å². The highest BCUT2D eigenvalue weighted by molar-refractivity contribution is 5.85. The van der Waals surface area contributed by atoms with E-state index in [-0.39, 0.29) is 24.8 Å². The van der Waals surface area contributed by atoms with Crippen molar-refractivity contribution in [3.8, 4) is 0 Å². The quantitative estimate of drug-likeness (QED) is 0.585. The molecule has 0 aliphatic rings. The Hall–Kier alpha value is -0.560. The van der Waals surface area contributed by atoms with Crippen LogP contribution in [0.15, 0.2) is 0 Å². The van der Waals surface area contributed by atoms with Crippen LogP contribution in [0, 0.1) is 11.8 Å². The molecular formula is C12H28Cl2N2O4. The first-order chi connectivity index (χ1) is 8.07. The number of hydrogen-bond acceptors (Lipinski definition) is 4. The molecule has 20 heavy (non-hydrogen) atoms. The number of carbonyl (C=O) groups is 2. The molecule has 0 aliphatic heterocycles. The number of carboxylic acid groups (broad SMARTS) is 2. The maximum absolute atomic E-state index is 10.1. The van der Waals surface area contributed by atoms with E-state index in [1.165, 1.54) is 0 Å². The summed E-state index contributed by atoms with van der Waals surface area (Å²) in [7, 11) is 0. The smallest absolute Gasteiger partial charge is 0.320 e. The molecule has 2 atom stereocenters. The van der Waals surface area contributed by atoms with E-state index >= 15 is 0 Å². The van der Waals surface area contributed by atoms with Gasteiger partial charge in [0, 0.05) is 0 Å². The number of carboxylic acids is 2. The standard InChI is InChI=1S/2C6H13NO2.2ClH/c2*1-4(2)3-5(7)6(8)9;;/h2*4-5H,3,7H2,1-2H3,(H,8,9);2*1H. The Balaban J connectivity index is -0.000000116. The van der Waals surface area contributed by atoms with Gasteiger partial charge in [-0.1, -0.05) is 27.7 Å². The topological polar surface area (TPSA) is 127 Å². The van der Waals surface area contributed by atoms with Crippen molar-refractivity contribution in [2.45, 2.75) is 52.6 Å². The van der Waals surface area contributed by atoms with E-state index in [2.05, 4.69) is 0 Å².